The number of carbonyl (C=O) groups is 1. The van der Waals surface area contributed by atoms with E-state index in [1.165, 1.54) is 0 Å². The molecule has 0 saturated carbocycles. The van der Waals surface area contributed by atoms with Crippen molar-refractivity contribution in [3.63, 3.8) is 0 Å². The van der Waals surface area contributed by atoms with Gasteiger partial charge in [0.25, 0.3) is 5.91 Å². The Balaban J connectivity index is 1.43. The number of aromatic nitrogens is 3. The summed E-state index contributed by atoms with van der Waals surface area (Å²) in [5.74, 6) is -0.188. The predicted octanol–water partition coefficient (Wildman–Crippen LogP) is 3.20. The number of pyridine rings is 1. The minimum atomic E-state index is -0.188. The lowest BCUT2D eigenvalue weighted by Crippen LogP contribution is -2.33. The van der Waals surface area contributed by atoms with Crippen molar-refractivity contribution < 1.29 is 4.79 Å². The number of benzene rings is 1. The largest absolute Gasteiger partial charge is 0.321 e. The van der Waals surface area contributed by atoms with E-state index in [4.69, 9.17) is 11.6 Å². The van der Waals surface area contributed by atoms with Crippen LogP contribution in [0.5, 0.6) is 0 Å². The lowest BCUT2D eigenvalue weighted by Gasteiger charge is -2.27. The van der Waals surface area contributed by atoms with Crippen LogP contribution in [0.2, 0.25) is 5.15 Å². The van der Waals surface area contributed by atoms with Crippen molar-refractivity contribution in [1.82, 2.24) is 19.7 Å². The fourth-order valence-corrected chi connectivity index (χ4v) is 3.15. The van der Waals surface area contributed by atoms with Crippen LogP contribution in [-0.2, 0) is 19.6 Å². The minimum Gasteiger partial charge on any atom is -0.321 e. The molecule has 3 aromatic rings. The van der Waals surface area contributed by atoms with Crippen LogP contribution in [-0.4, -0.2) is 32.1 Å². The standard InChI is InChI=1S/C19H18ClN5O/c20-18-7-6-14(11-21-18)12-24-8-9-25-16(13-24)10-17(23-25)19(26)22-15-4-2-1-3-5-15/h1-7,10-11H,8-9,12-13H2,(H,22,26). The summed E-state index contributed by atoms with van der Waals surface area (Å²) in [7, 11) is 0. The molecule has 132 valence electrons. The van der Waals surface area contributed by atoms with E-state index >= 15 is 0 Å². The fraction of sp³-hybridized carbons (Fsp3) is 0.211. The zero-order valence-electron chi connectivity index (χ0n) is 14.1. The Morgan fingerprint density at radius 2 is 2.00 bits per heavy atom. The smallest absolute Gasteiger partial charge is 0.276 e. The molecular formula is C19H18ClN5O. The van der Waals surface area contributed by atoms with Crippen molar-refractivity contribution >= 4 is 23.2 Å². The molecule has 0 saturated heterocycles. The molecule has 3 heterocycles. The second kappa shape index (κ2) is 7.27. The highest BCUT2D eigenvalue weighted by atomic mass is 35.5. The van der Waals surface area contributed by atoms with E-state index in [-0.39, 0.29) is 5.91 Å². The van der Waals surface area contributed by atoms with Gasteiger partial charge in [-0.05, 0) is 29.8 Å². The SMILES string of the molecule is O=C(Nc1ccccc1)c1cc2n(n1)CCN(Cc1ccc(Cl)nc1)C2. The lowest BCUT2D eigenvalue weighted by molar-refractivity contribution is 0.102. The van der Waals surface area contributed by atoms with Gasteiger partial charge in [0.1, 0.15) is 5.15 Å². The van der Waals surface area contributed by atoms with E-state index in [0.717, 1.165) is 43.1 Å². The molecular weight excluding hydrogens is 350 g/mol. The summed E-state index contributed by atoms with van der Waals surface area (Å²) < 4.78 is 1.91. The van der Waals surface area contributed by atoms with Gasteiger partial charge in [-0.25, -0.2) is 4.98 Å². The zero-order valence-corrected chi connectivity index (χ0v) is 14.9. The van der Waals surface area contributed by atoms with E-state index in [1.54, 1.807) is 12.3 Å². The zero-order chi connectivity index (χ0) is 17.9. The van der Waals surface area contributed by atoms with Gasteiger partial charge >= 0.3 is 0 Å². The Morgan fingerprint density at radius 3 is 2.77 bits per heavy atom. The Bertz CT molecular complexity index is 907. The number of hydrogen-bond acceptors (Lipinski definition) is 4. The van der Waals surface area contributed by atoms with Gasteiger partial charge in [-0.2, -0.15) is 5.10 Å². The molecule has 0 fully saturated rings. The summed E-state index contributed by atoms with van der Waals surface area (Å²) in [5, 5.41) is 7.82. The van der Waals surface area contributed by atoms with Crippen molar-refractivity contribution in [2.24, 2.45) is 0 Å². The Labute approximate surface area is 156 Å². The quantitative estimate of drug-likeness (QED) is 0.719. The van der Waals surface area contributed by atoms with Crippen LogP contribution >= 0.6 is 11.6 Å². The summed E-state index contributed by atoms with van der Waals surface area (Å²) in [6.45, 7) is 3.17. The number of nitrogens with one attached hydrogen (secondary N) is 1. The molecule has 7 heteroatoms. The van der Waals surface area contributed by atoms with Crippen LogP contribution in [0.1, 0.15) is 21.7 Å². The Morgan fingerprint density at radius 1 is 1.15 bits per heavy atom. The van der Waals surface area contributed by atoms with Gasteiger partial charge in [-0.15, -0.1) is 0 Å². The topological polar surface area (TPSA) is 63.1 Å². The van der Waals surface area contributed by atoms with Crippen molar-refractivity contribution in [2.45, 2.75) is 19.6 Å². The highest BCUT2D eigenvalue weighted by molar-refractivity contribution is 6.29. The van der Waals surface area contributed by atoms with Crippen LogP contribution in [0.4, 0.5) is 5.69 Å². The van der Waals surface area contributed by atoms with Gasteiger partial charge in [-0.1, -0.05) is 35.9 Å². The predicted molar refractivity (Wildman–Crippen MR) is 100.0 cm³/mol. The summed E-state index contributed by atoms with van der Waals surface area (Å²) in [5.41, 5.74) is 3.36. The van der Waals surface area contributed by atoms with Gasteiger partial charge in [-0.3, -0.25) is 14.4 Å². The molecule has 1 aliphatic rings. The van der Waals surface area contributed by atoms with E-state index < -0.39 is 0 Å². The molecule has 1 aliphatic heterocycles. The number of nitrogens with zero attached hydrogens (tertiary/aromatic N) is 4. The molecule has 0 aliphatic carbocycles. The Kier molecular flexibility index (Phi) is 4.69. The number of carbonyl (C=O) groups excluding carboxylic acids is 1. The average Bonchev–Trinajstić information content (AvgIpc) is 3.08. The Hall–Kier alpha value is -2.70. The number of hydrogen-bond donors (Lipinski definition) is 1. The van der Waals surface area contributed by atoms with Crippen LogP contribution in [0.25, 0.3) is 0 Å². The van der Waals surface area contributed by atoms with Gasteiger partial charge in [0.15, 0.2) is 5.69 Å². The highest BCUT2D eigenvalue weighted by Gasteiger charge is 2.21. The van der Waals surface area contributed by atoms with Gasteiger partial charge in [0.05, 0.1) is 12.2 Å². The van der Waals surface area contributed by atoms with Crippen molar-refractivity contribution in [3.8, 4) is 0 Å². The molecule has 4 rings (SSSR count). The van der Waals surface area contributed by atoms with Gasteiger partial charge in [0.2, 0.25) is 0 Å². The maximum absolute atomic E-state index is 12.4. The number of rotatable bonds is 4. The number of fused-ring (bicyclic) bond motifs is 1. The summed E-state index contributed by atoms with van der Waals surface area (Å²) in [6, 6.07) is 15.1. The first-order valence-corrected chi connectivity index (χ1v) is 8.81. The van der Waals surface area contributed by atoms with Crippen LogP contribution in [0.15, 0.2) is 54.7 Å². The number of amides is 1. The molecule has 1 N–H and O–H groups in total. The molecule has 2 aromatic heterocycles. The molecule has 0 spiro atoms. The molecule has 1 amide bonds. The number of halogens is 1. The second-order valence-electron chi connectivity index (χ2n) is 6.26. The monoisotopic (exact) mass is 367 g/mol. The van der Waals surface area contributed by atoms with Crippen LogP contribution < -0.4 is 5.32 Å². The first kappa shape index (κ1) is 16.8. The molecule has 0 unspecified atom stereocenters. The summed E-state index contributed by atoms with van der Waals surface area (Å²) in [6.07, 6.45) is 1.80. The van der Waals surface area contributed by atoms with E-state index in [1.807, 2.05) is 47.1 Å². The molecule has 1 aromatic carbocycles. The molecule has 0 radical (unpaired) electrons. The van der Waals surface area contributed by atoms with Crippen LogP contribution in [0, 0.1) is 0 Å². The highest BCUT2D eigenvalue weighted by Crippen LogP contribution is 2.17. The van der Waals surface area contributed by atoms with Gasteiger partial charge in [0, 0.05) is 31.5 Å². The van der Waals surface area contributed by atoms with E-state index in [0.29, 0.717) is 10.8 Å². The van der Waals surface area contributed by atoms with Gasteiger partial charge < -0.3 is 5.32 Å². The third-order valence-corrected chi connectivity index (χ3v) is 4.56. The normalized spacial score (nSPS) is 14.0. The number of anilines is 1. The number of para-hydroxylation sites is 1. The van der Waals surface area contributed by atoms with Crippen LogP contribution in [0.3, 0.4) is 0 Å². The average molecular weight is 368 g/mol. The molecule has 6 nitrogen and oxygen atoms in total. The maximum Gasteiger partial charge on any atom is 0.276 e. The third kappa shape index (κ3) is 3.76. The first-order chi connectivity index (χ1) is 12.7. The molecule has 0 atom stereocenters. The second-order valence-corrected chi connectivity index (χ2v) is 6.65. The summed E-state index contributed by atoms with van der Waals surface area (Å²) in [4.78, 5) is 18.8. The fourth-order valence-electron chi connectivity index (χ4n) is 3.04. The maximum atomic E-state index is 12.4. The molecule has 0 bridgehead atoms. The van der Waals surface area contributed by atoms with E-state index in [2.05, 4.69) is 20.3 Å². The minimum absolute atomic E-state index is 0.188. The molecule has 26 heavy (non-hydrogen) atoms. The summed E-state index contributed by atoms with van der Waals surface area (Å²) >= 11 is 5.84. The third-order valence-electron chi connectivity index (χ3n) is 4.34. The first-order valence-electron chi connectivity index (χ1n) is 8.43. The van der Waals surface area contributed by atoms with Crippen molar-refractivity contribution in [2.75, 3.05) is 11.9 Å². The van der Waals surface area contributed by atoms with Crippen molar-refractivity contribution in [3.05, 3.63) is 76.8 Å². The lowest BCUT2D eigenvalue weighted by atomic mass is 10.2. The van der Waals surface area contributed by atoms with E-state index in [9.17, 15) is 4.79 Å². The van der Waals surface area contributed by atoms with Crippen molar-refractivity contribution in [1.29, 1.82) is 0 Å².